The number of imidazole rings is 1. The highest BCUT2D eigenvalue weighted by Crippen LogP contribution is 2.29. The summed E-state index contributed by atoms with van der Waals surface area (Å²) < 4.78 is 9.47. The van der Waals surface area contributed by atoms with Crippen molar-refractivity contribution in [2.24, 2.45) is 7.05 Å². The molecule has 8 nitrogen and oxygen atoms in total. The lowest BCUT2D eigenvalue weighted by Crippen LogP contribution is -2.16. The maximum Gasteiger partial charge on any atom is 0.261 e. The molecule has 0 saturated carbocycles. The number of carbonyl (C=O) groups excluding carboxylic acids is 1. The number of amides is 1. The van der Waals surface area contributed by atoms with Gasteiger partial charge in [0.15, 0.2) is 0 Å². The predicted octanol–water partition coefficient (Wildman–Crippen LogP) is 3.81. The van der Waals surface area contributed by atoms with Crippen LogP contribution in [0, 0.1) is 13.8 Å². The number of aromatic nitrogens is 5. The molecule has 1 atom stereocenters. The molecule has 4 aromatic rings. The molecule has 0 aliphatic carbocycles. The maximum absolute atomic E-state index is 13.1. The molecule has 3 aromatic heterocycles. The van der Waals surface area contributed by atoms with E-state index in [0.29, 0.717) is 11.3 Å². The molecule has 1 aliphatic rings. The second-order valence-corrected chi connectivity index (χ2v) is 7.77. The summed E-state index contributed by atoms with van der Waals surface area (Å²) in [5, 5.41) is 7.32. The highest BCUT2D eigenvalue weighted by molar-refractivity contribution is 6.07. The minimum Gasteiger partial charge on any atom is -0.370 e. The second-order valence-electron chi connectivity index (χ2n) is 7.77. The lowest BCUT2D eigenvalue weighted by Gasteiger charge is -2.12. The highest BCUT2D eigenvalue weighted by Gasteiger charge is 2.22. The summed E-state index contributed by atoms with van der Waals surface area (Å²) in [7, 11) is 1.84. The summed E-state index contributed by atoms with van der Waals surface area (Å²) >= 11 is 0. The van der Waals surface area contributed by atoms with Crippen molar-refractivity contribution in [3.8, 4) is 5.82 Å². The molecule has 1 fully saturated rings. The number of anilines is 1. The molecule has 8 heteroatoms. The van der Waals surface area contributed by atoms with Crippen molar-refractivity contribution in [3.63, 3.8) is 0 Å². The standard InChI is InChI=1S/C22H24N6O2/c1-13-6-7-14(2)28(13)22-16(12-23-27(22)3)21(29)24-15-8-9-17-18(11-15)26-20(25-17)19-5-4-10-30-19/h6-9,11-12,19H,4-5,10H2,1-3H3,(H,24,29)(H,25,26). The van der Waals surface area contributed by atoms with Gasteiger partial charge in [-0.3, -0.25) is 9.48 Å². The second kappa shape index (κ2) is 7.14. The average molecular weight is 404 g/mol. The highest BCUT2D eigenvalue weighted by atomic mass is 16.5. The Morgan fingerprint density at radius 1 is 1.23 bits per heavy atom. The van der Waals surface area contributed by atoms with Crippen LogP contribution in [0.15, 0.2) is 36.5 Å². The van der Waals surface area contributed by atoms with E-state index in [4.69, 9.17) is 4.74 Å². The molecule has 1 aliphatic heterocycles. The monoisotopic (exact) mass is 404 g/mol. The zero-order chi connectivity index (χ0) is 20.8. The van der Waals surface area contributed by atoms with E-state index in [1.54, 1.807) is 10.9 Å². The first-order chi connectivity index (χ1) is 14.5. The van der Waals surface area contributed by atoms with Crippen LogP contribution in [0.2, 0.25) is 0 Å². The number of nitrogens with one attached hydrogen (secondary N) is 2. The van der Waals surface area contributed by atoms with E-state index in [9.17, 15) is 4.79 Å². The van der Waals surface area contributed by atoms with Crippen molar-refractivity contribution in [1.82, 2.24) is 24.3 Å². The van der Waals surface area contributed by atoms with Crippen LogP contribution in [-0.2, 0) is 11.8 Å². The van der Waals surface area contributed by atoms with E-state index in [1.807, 2.05) is 55.8 Å². The summed E-state index contributed by atoms with van der Waals surface area (Å²) in [6, 6.07) is 9.73. The number of H-pyrrole nitrogens is 1. The van der Waals surface area contributed by atoms with Crippen LogP contribution >= 0.6 is 0 Å². The molecule has 1 saturated heterocycles. The van der Waals surface area contributed by atoms with Gasteiger partial charge < -0.3 is 19.6 Å². The fourth-order valence-electron chi connectivity index (χ4n) is 4.11. The molecule has 4 heterocycles. The van der Waals surface area contributed by atoms with Crippen LogP contribution in [0.25, 0.3) is 16.9 Å². The Hall–Kier alpha value is -3.39. The first kappa shape index (κ1) is 18.6. The molecule has 2 N–H and O–H groups in total. The minimum atomic E-state index is -0.205. The van der Waals surface area contributed by atoms with Gasteiger partial charge in [0.2, 0.25) is 0 Å². The van der Waals surface area contributed by atoms with Gasteiger partial charge in [0, 0.05) is 30.7 Å². The van der Waals surface area contributed by atoms with Gasteiger partial charge in [0.25, 0.3) is 5.91 Å². The topological polar surface area (TPSA) is 89.8 Å². The third-order valence-electron chi connectivity index (χ3n) is 5.63. The SMILES string of the molecule is Cc1ccc(C)n1-c1c(C(=O)Nc2ccc3nc(C4CCCO4)[nH]c3c2)cnn1C. The number of fused-ring (bicyclic) bond motifs is 1. The molecule has 0 spiro atoms. The Bertz CT molecular complexity index is 1220. The molecule has 30 heavy (non-hydrogen) atoms. The van der Waals surface area contributed by atoms with Gasteiger partial charge >= 0.3 is 0 Å². The van der Waals surface area contributed by atoms with E-state index < -0.39 is 0 Å². The molecule has 1 unspecified atom stereocenters. The van der Waals surface area contributed by atoms with Crippen LogP contribution in [-0.4, -0.2) is 36.8 Å². The van der Waals surface area contributed by atoms with E-state index in [0.717, 1.165) is 53.5 Å². The molecular weight excluding hydrogens is 380 g/mol. The lowest BCUT2D eigenvalue weighted by molar-refractivity contribution is 0.102. The third-order valence-corrected chi connectivity index (χ3v) is 5.63. The van der Waals surface area contributed by atoms with Crippen LogP contribution in [0.5, 0.6) is 0 Å². The number of hydrogen-bond acceptors (Lipinski definition) is 4. The molecule has 0 radical (unpaired) electrons. The van der Waals surface area contributed by atoms with Crippen molar-refractivity contribution in [3.05, 3.63) is 59.3 Å². The lowest BCUT2D eigenvalue weighted by atomic mass is 10.2. The Balaban J connectivity index is 1.44. The summed E-state index contributed by atoms with van der Waals surface area (Å²) in [6.45, 7) is 4.80. The van der Waals surface area contributed by atoms with Gasteiger partial charge in [0.05, 0.1) is 17.2 Å². The molecule has 5 rings (SSSR count). The van der Waals surface area contributed by atoms with Gasteiger partial charge in [-0.15, -0.1) is 0 Å². The van der Waals surface area contributed by atoms with Crippen molar-refractivity contribution < 1.29 is 9.53 Å². The Morgan fingerprint density at radius 2 is 2.03 bits per heavy atom. The third kappa shape index (κ3) is 3.09. The van der Waals surface area contributed by atoms with Gasteiger partial charge in [-0.1, -0.05) is 0 Å². The number of ether oxygens (including phenoxy) is 1. The van der Waals surface area contributed by atoms with Gasteiger partial charge in [-0.05, 0) is 57.0 Å². The van der Waals surface area contributed by atoms with E-state index >= 15 is 0 Å². The molecular formula is C22H24N6O2. The minimum absolute atomic E-state index is 0.0291. The van der Waals surface area contributed by atoms with Crippen molar-refractivity contribution >= 4 is 22.6 Å². The molecule has 154 valence electrons. The van der Waals surface area contributed by atoms with E-state index in [-0.39, 0.29) is 12.0 Å². The average Bonchev–Trinajstić information content (AvgIpc) is 3.49. The summed E-state index contributed by atoms with van der Waals surface area (Å²) in [4.78, 5) is 21.1. The van der Waals surface area contributed by atoms with Crippen molar-refractivity contribution in [2.75, 3.05) is 11.9 Å². The van der Waals surface area contributed by atoms with E-state index in [1.165, 1.54) is 0 Å². The number of aromatic amines is 1. The predicted molar refractivity (Wildman–Crippen MR) is 114 cm³/mol. The van der Waals surface area contributed by atoms with Crippen LogP contribution in [0.3, 0.4) is 0 Å². The summed E-state index contributed by atoms with van der Waals surface area (Å²) in [5.41, 5.74) is 5.05. The van der Waals surface area contributed by atoms with Crippen molar-refractivity contribution in [1.29, 1.82) is 0 Å². The fourth-order valence-corrected chi connectivity index (χ4v) is 4.11. The Morgan fingerprint density at radius 3 is 2.77 bits per heavy atom. The normalized spacial score (nSPS) is 16.4. The molecule has 0 bridgehead atoms. The number of aryl methyl sites for hydroxylation is 3. The summed E-state index contributed by atoms with van der Waals surface area (Å²) in [5.74, 6) is 1.39. The number of benzene rings is 1. The van der Waals surface area contributed by atoms with Gasteiger partial charge in [-0.2, -0.15) is 5.10 Å². The fraction of sp³-hybridized carbons (Fsp3) is 0.318. The van der Waals surface area contributed by atoms with Crippen LogP contribution in [0.4, 0.5) is 5.69 Å². The smallest absolute Gasteiger partial charge is 0.261 e. The Kier molecular flexibility index (Phi) is 4.43. The maximum atomic E-state index is 13.1. The zero-order valence-corrected chi connectivity index (χ0v) is 17.3. The quantitative estimate of drug-likeness (QED) is 0.541. The van der Waals surface area contributed by atoms with Crippen LogP contribution in [0.1, 0.15) is 46.5 Å². The first-order valence-corrected chi connectivity index (χ1v) is 10.1. The van der Waals surface area contributed by atoms with Crippen LogP contribution < -0.4 is 5.32 Å². The molecule has 1 aromatic carbocycles. The number of carbonyl (C=O) groups is 1. The first-order valence-electron chi connectivity index (χ1n) is 10.1. The molecule has 1 amide bonds. The zero-order valence-electron chi connectivity index (χ0n) is 17.3. The largest absolute Gasteiger partial charge is 0.370 e. The van der Waals surface area contributed by atoms with E-state index in [2.05, 4.69) is 20.4 Å². The van der Waals surface area contributed by atoms with Gasteiger partial charge in [0.1, 0.15) is 23.3 Å². The van der Waals surface area contributed by atoms with Crippen molar-refractivity contribution in [2.45, 2.75) is 32.8 Å². The van der Waals surface area contributed by atoms with Gasteiger partial charge in [-0.25, -0.2) is 4.98 Å². The number of rotatable bonds is 4. The number of nitrogens with zero attached hydrogens (tertiary/aromatic N) is 4. The number of hydrogen-bond donors (Lipinski definition) is 2. The Labute approximate surface area is 173 Å². The summed E-state index contributed by atoms with van der Waals surface area (Å²) in [6.07, 6.45) is 3.66.